The largest absolute Gasteiger partial charge is 0.481 e. The third-order valence-electron chi connectivity index (χ3n) is 1.18. The Bertz CT molecular complexity index is 173. The van der Waals surface area contributed by atoms with Crippen LogP contribution in [0.25, 0.3) is 0 Å². The van der Waals surface area contributed by atoms with Crippen molar-refractivity contribution >= 4 is 20.9 Å². The first-order valence-electron chi connectivity index (χ1n) is 3.17. The summed E-state index contributed by atoms with van der Waals surface area (Å²) in [5.74, 6) is -2.21. The van der Waals surface area contributed by atoms with E-state index in [1.54, 1.807) is 0 Å². The van der Waals surface area contributed by atoms with Crippen LogP contribution in [-0.4, -0.2) is 33.1 Å². The van der Waals surface area contributed by atoms with Crippen molar-refractivity contribution in [2.75, 3.05) is 0 Å². The van der Waals surface area contributed by atoms with E-state index in [9.17, 15) is 9.59 Å². The van der Waals surface area contributed by atoms with Crippen LogP contribution in [0.2, 0.25) is 0 Å². The number of hydrogen-bond donors (Lipinski definition) is 4. The first-order valence-corrected chi connectivity index (χ1v) is 4.12. The van der Waals surface area contributed by atoms with Crippen LogP contribution in [-0.2, 0) is 9.59 Å². The summed E-state index contributed by atoms with van der Waals surface area (Å²) in [5, 5.41) is 18.9. The van der Waals surface area contributed by atoms with E-state index in [1.165, 1.54) is 0 Å². The van der Waals surface area contributed by atoms with Gasteiger partial charge in [0.05, 0.1) is 8.96 Å². The van der Waals surface area contributed by atoms with Crippen LogP contribution in [0.3, 0.4) is 0 Å². The van der Waals surface area contributed by atoms with Crippen molar-refractivity contribution in [3.63, 3.8) is 0 Å². The van der Waals surface area contributed by atoms with Crippen LogP contribution < -0.4 is 5.09 Å². The molecule has 6 nitrogen and oxygen atoms in total. The molecule has 0 aliphatic heterocycles. The zero-order valence-corrected chi connectivity index (χ0v) is 7.15. The minimum absolute atomic E-state index is 0.0295. The summed E-state index contributed by atoms with van der Waals surface area (Å²) in [5.41, 5.74) is 0. The van der Waals surface area contributed by atoms with Gasteiger partial charge >= 0.3 is 11.9 Å². The minimum atomic E-state index is -1.15. The highest BCUT2D eigenvalue weighted by molar-refractivity contribution is 7.28. The van der Waals surface area contributed by atoms with Gasteiger partial charge in [-0.25, -0.2) is 0 Å². The maximum absolute atomic E-state index is 10.3. The molecule has 0 aliphatic carbocycles. The highest BCUT2D eigenvalue weighted by atomic mass is 31.1. The summed E-state index contributed by atoms with van der Waals surface area (Å²) in [6.07, 6.45) is -0.257. The smallest absolute Gasteiger partial charge is 0.321 e. The molecule has 0 saturated heterocycles. The Kier molecular flexibility index (Phi) is 5.53. The quantitative estimate of drug-likeness (QED) is 0.421. The Morgan fingerprint density at radius 2 is 2.00 bits per heavy atom. The molecule has 0 aromatic carbocycles. The molecule has 0 saturated carbocycles. The molecule has 12 heavy (non-hydrogen) atoms. The molecule has 0 aliphatic rings. The van der Waals surface area contributed by atoms with E-state index in [0.29, 0.717) is 0 Å². The van der Waals surface area contributed by atoms with Gasteiger partial charge in [-0.1, -0.05) is 0 Å². The lowest BCUT2D eigenvalue weighted by molar-refractivity contribution is -0.140. The van der Waals surface area contributed by atoms with Crippen molar-refractivity contribution in [3.05, 3.63) is 0 Å². The maximum atomic E-state index is 10.3. The first-order chi connectivity index (χ1) is 5.57. The van der Waals surface area contributed by atoms with E-state index in [0.717, 1.165) is 0 Å². The molecule has 0 spiro atoms. The second-order valence-electron chi connectivity index (χ2n) is 2.08. The standard InChI is InChI=1S/C5H10NO5P/c7-4(8)2-1-3(5(9)10)6-12-11/h3,6,11-12H,1-2H2,(H,7,8)(H,9,10)/t3-/m0/s1. The third kappa shape index (κ3) is 5.01. The van der Waals surface area contributed by atoms with Gasteiger partial charge in [0.15, 0.2) is 0 Å². The van der Waals surface area contributed by atoms with E-state index in [1.807, 2.05) is 0 Å². The highest BCUT2D eigenvalue weighted by Crippen LogP contribution is 2.04. The number of nitrogens with one attached hydrogen (secondary N) is 1. The predicted octanol–water partition coefficient (Wildman–Crippen LogP) is -0.605. The second kappa shape index (κ2) is 5.88. The molecule has 0 rings (SSSR count). The van der Waals surface area contributed by atoms with Gasteiger partial charge in [0.2, 0.25) is 0 Å². The molecule has 4 N–H and O–H groups in total. The number of hydrogen-bond acceptors (Lipinski definition) is 4. The lowest BCUT2D eigenvalue weighted by Crippen LogP contribution is -2.31. The fraction of sp³-hybridized carbons (Fsp3) is 0.600. The number of carboxylic acid groups (broad SMARTS) is 2. The summed E-state index contributed by atoms with van der Waals surface area (Å²) >= 11 is 0. The molecule has 70 valence electrons. The molecule has 0 bridgehead atoms. The molecule has 0 fully saturated rings. The van der Waals surface area contributed by atoms with Gasteiger partial charge in [-0.3, -0.25) is 14.7 Å². The van der Waals surface area contributed by atoms with Gasteiger partial charge in [-0.2, -0.15) is 0 Å². The molecular weight excluding hydrogens is 185 g/mol. The van der Waals surface area contributed by atoms with Gasteiger partial charge in [-0.15, -0.1) is 0 Å². The third-order valence-corrected chi connectivity index (χ3v) is 1.66. The molecule has 0 radical (unpaired) electrons. The van der Waals surface area contributed by atoms with Gasteiger partial charge in [0.1, 0.15) is 6.04 Å². The van der Waals surface area contributed by atoms with Gasteiger partial charge < -0.3 is 15.1 Å². The fourth-order valence-electron chi connectivity index (χ4n) is 0.603. The van der Waals surface area contributed by atoms with Crippen LogP contribution in [0.1, 0.15) is 12.8 Å². The van der Waals surface area contributed by atoms with E-state index in [2.05, 4.69) is 5.09 Å². The SMILES string of the molecule is O=C(O)CC[C@H](NPO)C(=O)O. The monoisotopic (exact) mass is 195 g/mol. The zero-order valence-electron chi connectivity index (χ0n) is 6.15. The summed E-state index contributed by atoms with van der Waals surface area (Å²) in [6.45, 7) is 0. The minimum Gasteiger partial charge on any atom is -0.481 e. The van der Waals surface area contributed by atoms with Crippen molar-refractivity contribution < 1.29 is 24.7 Å². The number of rotatable bonds is 6. The lowest BCUT2D eigenvalue weighted by atomic mass is 10.2. The summed E-state index contributed by atoms with van der Waals surface area (Å²) in [6, 6.07) is -0.982. The van der Waals surface area contributed by atoms with E-state index >= 15 is 0 Å². The van der Waals surface area contributed by atoms with E-state index in [4.69, 9.17) is 15.1 Å². The van der Waals surface area contributed by atoms with Crippen molar-refractivity contribution in [2.24, 2.45) is 0 Å². The van der Waals surface area contributed by atoms with Crippen LogP contribution in [0.5, 0.6) is 0 Å². The average molecular weight is 195 g/mol. The maximum Gasteiger partial charge on any atom is 0.321 e. The van der Waals surface area contributed by atoms with Crippen molar-refractivity contribution in [3.8, 4) is 0 Å². The Labute approximate surface area is 70.5 Å². The number of carboxylic acids is 2. The molecule has 0 heterocycles. The molecule has 0 aromatic rings. The Morgan fingerprint density at radius 3 is 2.33 bits per heavy atom. The van der Waals surface area contributed by atoms with Crippen LogP contribution in [0.4, 0.5) is 0 Å². The summed E-state index contributed by atoms with van der Waals surface area (Å²) in [7, 11) is -0.689. The number of carbonyl (C=O) groups is 2. The molecule has 2 atom stereocenters. The van der Waals surface area contributed by atoms with Crippen LogP contribution in [0, 0.1) is 0 Å². The topological polar surface area (TPSA) is 107 Å². The second-order valence-corrected chi connectivity index (χ2v) is 2.59. The van der Waals surface area contributed by atoms with Gasteiger partial charge in [0, 0.05) is 6.42 Å². The van der Waals surface area contributed by atoms with Crippen molar-refractivity contribution in [1.29, 1.82) is 0 Å². The summed E-state index contributed by atoms with van der Waals surface area (Å²) in [4.78, 5) is 28.7. The Balaban J connectivity index is 3.79. The van der Waals surface area contributed by atoms with Crippen LogP contribution in [0.15, 0.2) is 0 Å². The Morgan fingerprint density at radius 1 is 1.42 bits per heavy atom. The predicted molar refractivity (Wildman–Crippen MR) is 42.0 cm³/mol. The zero-order chi connectivity index (χ0) is 9.56. The highest BCUT2D eigenvalue weighted by Gasteiger charge is 2.17. The Hall–Kier alpha value is -0.710. The molecule has 0 aromatic heterocycles. The lowest BCUT2D eigenvalue weighted by Gasteiger charge is -2.09. The molecule has 7 heteroatoms. The molecule has 1 unspecified atom stereocenters. The molecular formula is C5H10NO5P. The van der Waals surface area contributed by atoms with Gasteiger partial charge in [-0.05, 0) is 6.42 Å². The fourth-order valence-corrected chi connectivity index (χ4v) is 1.03. The van der Waals surface area contributed by atoms with Crippen molar-refractivity contribution in [1.82, 2.24) is 5.09 Å². The van der Waals surface area contributed by atoms with E-state index < -0.39 is 26.9 Å². The normalized spacial score (nSPS) is 13.4. The van der Waals surface area contributed by atoms with Crippen molar-refractivity contribution in [2.45, 2.75) is 18.9 Å². The average Bonchev–Trinajstić information content (AvgIpc) is 1.96. The van der Waals surface area contributed by atoms with E-state index in [-0.39, 0.29) is 12.8 Å². The number of aliphatic carboxylic acids is 2. The summed E-state index contributed by atoms with van der Waals surface area (Å²) < 4.78 is 0. The van der Waals surface area contributed by atoms with Crippen LogP contribution >= 0.6 is 8.96 Å². The first kappa shape index (κ1) is 11.3. The molecule has 0 amide bonds. The van der Waals surface area contributed by atoms with Gasteiger partial charge in [0.25, 0.3) is 0 Å².